The third-order valence-electron chi connectivity index (χ3n) is 6.10. The Morgan fingerprint density at radius 2 is 1.46 bits per heavy atom. The van der Waals surface area contributed by atoms with E-state index in [1.165, 1.54) is 35.2 Å². The first-order valence-electron chi connectivity index (χ1n) is 12.9. The first kappa shape index (κ1) is 29.8. The quantitative estimate of drug-likeness (QED) is 0.370. The molecule has 0 fully saturated rings. The number of hydrogen-bond donors (Lipinski definition) is 1. The van der Waals surface area contributed by atoms with Gasteiger partial charge in [-0.2, -0.15) is 0 Å². The molecule has 3 aromatic rings. The fourth-order valence-corrected chi connectivity index (χ4v) is 5.68. The Balaban J connectivity index is 2.02. The Kier molecular flexibility index (Phi) is 9.86. The summed E-state index contributed by atoms with van der Waals surface area (Å²) in [4.78, 5) is 28.5. The van der Waals surface area contributed by atoms with E-state index in [9.17, 15) is 22.4 Å². The van der Waals surface area contributed by atoms with Crippen LogP contribution in [-0.4, -0.2) is 49.8 Å². The highest BCUT2D eigenvalue weighted by molar-refractivity contribution is 7.92. The van der Waals surface area contributed by atoms with Crippen LogP contribution in [0.5, 0.6) is 0 Å². The van der Waals surface area contributed by atoms with Crippen molar-refractivity contribution in [3.8, 4) is 0 Å². The fraction of sp³-hybridized carbons (Fsp3) is 0.333. The highest BCUT2D eigenvalue weighted by Crippen LogP contribution is 2.27. The maximum atomic E-state index is 15.0. The highest BCUT2D eigenvalue weighted by Gasteiger charge is 2.35. The number of amides is 2. The Morgan fingerprint density at radius 3 is 2.03 bits per heavy atom. The first-order valence-corrected chi connectivity index (χ1v) is 14.4. The number of para-hydroxylation sites is 1. The lowest BCUT2D eigenvalue weighted by molar-refractivity contribution is -0.140. The van der Waals surface area contributed by atoms with Gasteiger partial charge in [0.05, 0.1) is 10.6 Å². The first-order chi connectivity index (χ1) is 18.4. The summed E-state index contributed by atoms with van der Waals surface area (Å²) in [5, 5.41) is 2.93. The zero-order valence-corrected chi connectivity index (χ0v) is 23.6. The summed E-state index contributed by atoms with van der Waals surface area (Å²) in [5.41, 5.74) is 0.184. The van der Waals surface area contributed by atoms with E-state index in [0.29, 0.717) is 12.8 Å². The van der Waals surface area contributed by atoms with E-state index in [2.05, 4.69) is 5.32 Å². The average Bonchev–Trinajstić information content (AvgIpc) is 2.90. The van der Waals surface area contributed by atoms with Crippen LogP contribution in [0.3, 0.4) is 0 Å². The molecule has 3 rings (SSSR count). The van der Waals surface area contributed by atoms with Crippen LogP contribution in [0.15, 0.2) is 89.8 Å². The second kappa shape index (κ2) is 12.9. The van der Waals surface area contributed by atoms with Crippen molar-refractivity contribution in [2.75, 3.05) is 17.4 Å². The van der Waals surface area contributed by atoms with Gasteiger partial charge in [-0.3, -0.25) is 13.9 Å². The lowest BCUT2D eigenvalue weighted by Crippen LogP contribution is -2.56. The van der Waals surface area contributed by atoms with Crippen molar-refractivity contribution in [2.45, 2.75) is 57.0 Å². The SMILES string of the molecule is CCC(C(=O)NC(C)(C)C)N(CCc1ccccc1)C(=O)CN(c1ccccc1F)S(=O)(=O)c1ccccc1. The van der Waals surface area contributed by atoms with Crippen LogP contribution in [0.4, 0.5) is 10.1 Å². The van der Waals surface area contributed by atoms with E-state index in [1.54, 1.807) is 25.1 Å². The van der Waals surface area contributed by atoms with Crippen molar-refractivity contribution < 1.29 is 22.4 Å². The zero-order chi connectivity index (χ0) is 28.6. The van der Waals surface area contributed by atoms with Gasteiger partial charge < -0.3 is 10.2 Å². The van der Waals surface area contributed by atoms with Crippen molar-refractivity contribution >= 4 is 27.5 Å². The normalized spacial score (nSPS) is 12.4. The molecule has 0 aromatic heterocycles. The lowest BCUT2D eigenvalue weighted by atomic mass is 10.1. The van der Waals surface area contributed by atoms with Crippen LogP contribution < -0.4 is 9.62 Å². The molecule has 1 unspecified atom stereocenters. The zero-order valence-electron chi connectivity index (χ0n) is 22.8. The molecule has 0 spiro atoms. The number of halogens is 1. The Bertz CT molecular complexity index is 1360. The van der Waals surface area contributed by atoms with Gasteiger partial charge in [0.1, 0.15) is 18.4 Å². The number of benzene rings is 3. The van der Waals surface area contributed by atoms with Crippen LogP contribution in [0.2, 0.25) is 0 Å². The minimum Gasteiger partial charge on any atom is -0.350 e. The molecular formula is C30H36FN3O4S. The van der Waals surface area contributed by atoms with E-state index < -0.39 is 39.9 Å². The summed E-state index contributed by atoms with van der Waals surface area (Å²) in [6, 6.07) is 21.7. The van der Waals surface area contributed by atoms with Crippen molar-refractivity contribution in [3.63, 3.8) is 0 Å². The molecule has 9 heteroatoms. The molecule has 7 nitrogen and oxygen atoms in total. The van der Waals surface area contributed by atoms with Crippen LogP contribution >= 0.6 is 0 Å². The molecule has 0 heterocycles. The largest absolute Gasteiger partial charge is 0.350 e. The van der Waals surface area contributed by atoms with Crippen LogP contribution in [0.1, 0.15) is 39.7 Å². The number of carbonyl (C=O) groups excluding carboxylic acids is 2. The molecule has 3 aromatic carbocycles. The van der Waals surface area contributed by atoms with Gasteiger partial charge in [0, 0.05) is 12.1 Å². The van der Waals surface area contributed by atoms with Gasteiger partial charge in [0.2, 0.25) is 11.8 Å². The topological polar surface area (TPSA) is 86.8 Å². The van der Waals surface area contributed by atoms with Crippen molar-refractivity contribution in [1.82, 2.24) is 10.2 Å². The molecular weight excluding hydrogens is 517 g/mol. The van der Waals surface area contributed by atoms with E-state index in [0.717, 1.165) is 15.9 Å². The fourth-order valence-electron chi connectivity index (χ4n) is 4.24. The highest BCUT2D eigenvalue weighted by atomic mass is 32.2. The third kappa shape index (κ3) is 7.89. The number of nitrogens with one attached hydrogen (secondary N) is 1. The Morgan fingerprint density at radius 1 is 0.897 bits per heavy atom. The molecule has 39 heavy (non-hydrogen) atoms. The minimum atomic E-state index is -4.31. The maximum absolute atomic E-state index is 15.0. The number of sulfonamides is 1. The minimum absolute atomic E-state index is 0.0746. The van der Waals surface area contributed by atoms with Crippen LogP contribution in [0.25, 0.3) is 0 Å². The van der Waals surface area contributed by atoms with Crippen molar-refractivity contribution in [3.05, 3.63) is 96.3 Å². The second-order valence-electron chi connectivity index (χ2n) is 10.3. The molecule has 0 saturated carbocycles. The molecule has 0 saturated heterocycles. The summed E-state index contributed by atoms with van der Waals surface area (Å²) < 4.78 is 43.1. The van der Waals surface area contributed by atoms with Crippen LogP contribution in [0, 0.1) is 5.82 Å². The van der Waals surface area contributed by atoms with Gasteiger partial charge in [-0.25, -0.2) is 12.8 Å². The molecule has 0 aliphatic heterocycles. The number of rotatable bonds is 11. The standard InChI is InChI=1S/C30H36FN3O4S/c1-5-26(29(36)32-30(2,3)4)33(21-20-23-14-8-6-9-15-23)28(35)22-34(27-19-13-12-18-25(27)31)39(37,38)24-16-10-7-11-17-24/h6-19,26H,5,20-22H2,1-4H3,(H,32,36). The van der Waals surface area contributed by atoms with Crippen LogP contribution in [-0.2, 0) is 26.0 Å². The molecule has 0 aliphatic rings. The van der Waals surface area contributed by atoms with Gasteiger partial charge in [0.15, 0.2) is 0 Å². The summed E-state index contributed by atoms with van der Waals surface area (Å²) in [7, 11) is -4.31. The summed E-state index contributed by atoms with van der Waals surface area (Å²) >= 11 is 0. The van der Waals surface area contributed by atoms with Gasteiger partial charge in [-0.1, -0.05) is 67.6 Å². The molecule has 1 N–H and O–H groups in total. The number of carbonyl (C=O) groups is 2. The van der Waals surface area contributed by atoms with Crippen molar-refractivity contribution in [1.29, 1.82) is 0 Å². The molecule has 1 atom stereocenters. The van der Waals surface area contributed by atoms with Gasteiger partial charge in [-0.05, 0) is 63.4 Å². The number of anilines is 1. The van der Waals surface area contributed by atoms with Gasteiger partial charge in [0.25, 0.3) is 10.0 Å². The Labute approximate surface area is 230 Å². The predicted octanol–water partition coefficient (Wildman–Crippen LogP) is 4.79. The van der Waals surface area contributed by atoms with E-state index in [4.69, 9.17) is 0 Å². The lowest BCUT2D eigenvalue weighted by Gasteiger charge is -2.34. The monoisotopic (exact) mass is 553 g/mol. The molecule has 208 valence electrons. The molecule has 0 bridgehead atoms. The summed E-state index contributed by atoms with van der Waals surface area (Å²) in [6.07, 6.45) is 0.768. The summed E-state index contributed by atoms with van der Waals surface area (Å²) in [5.74, 6) is -1.72. The van der Waals surface area contributed by atoms with E-state index in [-0.39, 0.29) is 23.0 Å². The van der Waals surface area contributed by atoms with Gasteiger partial charge in [-0.15, -0.1) is 0 Å². The Hall–Kier alpha value is -3.72. The smallest absolute Gasteiger partial charge is 0.264 e. The molecule has 0 aliphatic carbocycles. The van der Waals surface area contributed by atoms with E-state index in [1.807, 2.05) is 51.1 Å². The molecule has 2 amide bonds. The van der Waals surface area contributed by atoms with Crippen molar-refractivity contribution in [2.24, 2.45) is 0 Å². The maximum Gasteiger partial charge on any atom is 0.264 e. The second-order valence-corrected chi connectivity index (χ2v) is 12.1. The number of nitrogens with zero attached hydrogens (tertiary/aromatic N) is 2. The van der Waals surface area contributed by atoms with Gasteiger partial charge >= 0.3 is 0 Å². The number of hydrogen-bond acceptors (Lipinski definition) is 4. The average molecular weight is 554 g/mol. The van der Waals surface area contributed by atoms with E-state index >= 15 is 0 Å². The predicted molar refractivity (Wildman–Crippen MR) is 151 cm³/mol. The summed E-state index contributed by atoms with van der Waals surface area (Å²) in [6.45, 7) is 6.84. The third-order valence-corrected chi connectivity index (χ3v) is 7.87. The molecule has 0 radical (unpaired) electrons.